The summed E-state index contributed by atoms with van der Waals surface area (Å²) >= 11 is 0. The highest BCUT2D eigenvalue weighted by Crippen LogP contribution is 2.49. The predicted molar refractivity (Wildman–Crippen MR) is 125 cm³/mol. The van der Waals surface area contributed by atoms with Crippen LogP contribution < -0.4 is 4.74 Å². The van der Waals surface area contributed by atoms with E-state index >= 15 is 0 Å². The van der Waals surface area contributed by atoms with Crippen molar-refractivity contribution in [2.24, 2.45) is 5.92 Å². The van der Waals surface area contributed by atoms with E-state index in [1.165, 1.54) is 0 Å². The third-order valence-corrected chi connectivity index (χ3v) is 6.53. The molecule has 0 bridgehead atoms. The third kappa shape index (κ3) is 4.16. The molecule has 1 fully saturated rings. The zero-order valence-electron chi connectivity index (χ0n) is 19.5. The van der Waals surface area contributed by atoms with Crippen molar-refractivity contribution in [2.75, 3.05) is 13.2 Å². The van der Waals surface area contributed by atoms with Crippen LogP contribution >= 0.6 is 0 Å². The molecule has 0 radical (unpaired) electrons. The SMILES string of the molecule is CC(C)Oc1ccc(-c2nc(-c3cccc4c3C[C@@H]3CC(=O)N(CC(O)CO)[C@H]43)no2)cc1C#N. The van der Waals surface area contributed by atoms with Crippen molar-refractivity contribution in [3.05, 3.63) is 53.1 Å². The average molecular weight is 475 g/mol. The second-order valence-electron chi connectivity index (χ2n) is 9.28. The Labute approximate surface area is 202 Å². The lowest BCUT2D eigenvalue weighted by Gasteiger charge is -2.27. The minimum Gasteiger partial charge on any atom is -0.490 e. The molecular weight excluding hydrogens is 448 g/mol. The molecule has 1 unspecified atom stereocenters. The summed E-state index contributed by atoms with van der Waals surface area (Å²) in [4.78, 5) is 18.8. The molecule has 0 saturated carbocycles. The Morgan fingerprint density at radius 2 is 2.11 bits per heavy atom. The fourth-order valence-electron chi connectivity index (χ4n) is 5.11. The maximum Gasteiger partial charge on any atom is 0.258 e. The van der Waals surface area contributed by atoms with Crippen molar-refractivity contribution in [3.63, 3.8) is 0 Å². The number of nitriles is 1. The fourth-order valence-corrected chi connectivity index (χ4v) is 5.11. The Morgan fingerprint density at radius 3 is 2.86 bits per heavy atom. The first-order valence-electron chi connectivity index (χ1n) is 11.6. The van der Waals surface area contributed by atoms with Gasteiger partial charge in [0.2, 0.25) is 11.7 Å². The van der Waals surface area contributed by atoms with E-state index in [0.29, 0.717) is 41.4 Å². The number of ether oxygens (including phenoxy) is 1. The lowest BCUT2D eigenvalue weighted by Crippen LogP contribution is -2.36. The molecule has 1 saturated heterocycles. The zero-order valence-corrected chi connectivity index (χ0v) is 19.5. The molecule has 0 spiro atoms. The van der Waals surface area contributed by atoms with Crippen LogP contribution in [0.15, 0.2) is 40.9 Å². The predicted octanol–water partition coefficient (Wildman–Crippen LogP) is 2.86. The monoisotopic (exact) mass is 474 g/mol. The van der Waals surface area contributed by atoms with Gasteiger partial charge in [-0.1, -0.05) is 23.4 Å². The van der Waals surface area contributed by atoms with Crippen LogP contribution in [0.3, 0.4) is 0 Å². The number of likely N-dealkylation sites (tertiary alicyclic amines) is 1. The van der Waals surface area contributed by atoms with Gasteiger partial charge in [0.1, 0.15) is 11.8 Å². The van der Waals surface area contributed by atoms with Gasteiger partial charge in [-0.05, 0) is 55.5 Å². The second kappa shape index (κ2) is 9.13. The van der Waals surface area contributed by atoms with Gasteiger partial charge in [0, 0.05) is 24.1 Å². The number of amides is 1. The fraction of sp³-hybridized carbons (Fsp3) is 0.385. The molecule has 9 heteroatoms. The summed E-state index contributed by atoms with van der Waals surface area (Å²) in [5.74, 6) is 1.33. The molecule has 1 aliphatic carbocycles. The molecule has 1 aliphatic heterocycles. The third-order valence-electron chi connectivity index (χ3n) is 6.53. The summed E-state index contributed by atoms with van der Waals surface area (Å²) in [6, 6.07) is 13.0. The minimum absolute atomic E-state index is 0.0106. The van der Waals surface area contributed by atoms with Gasteiger partial charge in [-0.15, -0.1) is 0 Å². The van der Waals surface area contributed by atoms with Gasteiger partial charge < -0.3 is 24.4 Å². The molecular formula is C26H26N4O5. The molecule has 3 aromatic rings. The number of aliphatic hydroxyl groups excluding tert-OH is 2. The van der Waals surface area contributed by atoms with Crippen LogP contribution in [0.2, 0.25) is 0 Å². The summed E-state index contributed by atoms with van der Waals surface area (Å²) in [5.41, 5.74) is 3.91. The Kier molecular flexibility index (Phi) is 6.01. The van der Waals surface area contributed by atoms with Crippen molar-refractivity contribution in [2.45, 2.75) is 44.9 Å². The average Bonchev–Trinajstić information content (AvgIpc) is 3.54. The van der Waals surface area contributed by atoms with Crippen molar-refractivity contribution < 1.29 is 24.3 Å². The van der Waals surface area contributed by atoms with Crippen LogP contribution in [0.1, 0.15) is 43.0 Å². The highest BCUT2D eigenvalue weighted by Gasteiger charge is 2.46. The highest BCUT2D eigenvalue weighted by molar-refractivity contribution is 5.81. The van der Waals surface area contributed by atoms with Crippen molar-refractivity contribution >= 4 is 5.91 Å². The van der Waals surface area contributed by atoms with Gasteiger partial charge in [0.25, 0.3) is 5.89 Å². The van der Waals surface area contributed by atoms with E-state index in [0.717, 1.165) is 16.7 Å². The van der Waals surface area contributed by atoms with E-state index in [2.05, 4.69) is 16.2 Å². The zero-order chi connectivity index (χ0) is 24.7. The van der Waals surface area contributed by atoms with Crippen molar-refractivity contribution in [1.29, 1.82) is 5.26 Å². The van der Waals surface area contributed by atoms with Gasteiger partial charge >= 0.3 is 0 Å². The number of hydrogen-bond acceptors (Lipinski definition) is 8. The van der Waals surface area contributed by atoms with Gasteiger partial charge in [-0.25, -0.2) is 0 Å². The summed E-state index contributed by atoms with van der Waals surface area (Å²) in [6.45, 7) is 3.51. The highest BCUT2D eigenvalue weighted by atomic mass is 16.5. The smallest absolute Gasteiger partial charge is 0.258 e. The van der Waals surface area contributed by atoms with E-state index in [9.17, 15) is 20.3 Å². The quantitative estimate of drug-likeness (QED) is 0.534. The topological polar surface area (TPSA) is 133 Å². The van der Waals surface area contributed by atoms with Crippen LogP contribution in [-0.2, 0) is 11.2 Å². The standard InChI is InChI=1S/C26H26N4O5/c1-14(2)34-22-7-6-15(8-17(22)11-27)26-28-25(29-35-26)20-5-3-4-19-21(20)9-16-10-23(33)30(24(16)19)12-18(32)13-31/h3-8,14,16,18,24,31-32H,9-10,12-13H2,1-2H3/t16-,18?,24+/m1/s1. The summed E-state index contributed by atoms with van der Waals surface area (Å²) in [6.07, 6.45) is 0.0640. The summed E-state index contributed by atoms with van der Waals surface area (Å²) < 4.78 is 11.2. The summed E-state index contributed by atoms with van der Waals surface area (Å²) in [7, 11) is 0. The number of rotatable bonds is 7. The number of nitrogens with zero attached hydrogens (tertiary/aromatic N) is 4. The molecule has 2 N–H and O–H groups in total. The Hall–Kier alpha value is -3.74. The minimum atomic E-state index is -0.972. The number of β-amino-alcohol motifs (C(OH)–C–C–N with tert-alkyl or cyclic N) is 1. The van der Waals surface area contributed by atoms with Crippen LogP contribution in [0, 0.1) is 17.2 Å². The first kappa shape index (κ1) is 23.0. The second-order valence-corrected chi connectivity index (χ2v) is 9.28. The molecule has 3 atom stereocenters. The van der Waals surface area contributed by atoms with Gasteiger partial charge in [-0.3, -0.25) is 4.79 Å². The van der Waals surface area contributed by atoms with Gasteiger partial charge in [-0.2, -0.15) is 10.2 Å². The number of aromatic nitrogens is 2. The molecule has 1 aromatic heterocycles. The number of carbonyl (C=O) groups is 1. The lowest BCUT2D eigenvalue weighted by molar-refractivity contribution is -0.130. The normalized spacial score (nSPS) is 19.5. The first-order chi connectivity index (χ1) is 16.9. The van der Waals surface area contributed by atoms with Crippen LogP contribution in [-0.4, -0.2) is 56.5 Å². The molecule has 5 rings (SSSR count). The lowest BCUT2D eigenvalue weighted by atomic mass is 10.0. The number of benzene rings is 2. The van der Waals surface area contributed by atoms with Crippen LogP contribution in [0.4, 0.5) is 0 Å². The van der Waals surface area contributed by atoms with E-state index in [1.54, 1.807) is 23.1 Å². The van der Waals surface area contributed by atoms with Crippen molar-refractivity contribution in [1.82, 2.24) is 15.0 Å². The molecule has 2 aromatic carbocycles. The van der Waals surface area contributed by atoms with E-state index in [1.807, 2.05) is 32.0 Å². The number of carbonyl (C=O) groups excluding carboxylic acids is 1. The molecule has 1 amide bonds. The van der Waals surface area contributed by atoms with E-state index in [-0.39, 0.29) is 30.5 Å². The van der Waals surface area contributed by atoms with Gasteiger partial charge in [0.05, 0.1) is 30.4 Å². The van der Waals surface area contributed by atoms with Crippen molar-refractivity contribution in [3.8, 4) is 34.7 Å². The number of hydrogen-bond donors (Lipinski definition) is 2. The van der Waals surface area contributed by atoms with Crippen LogP contribution in [0.5, 0.6) is 5.75 Å². The van der Waals surface area contributed by atoms with Gasteiger partial charge in [0.15, 0.2) is 0 Å². The Morgan fingerprint density at radius 1 is 1.29 bits per heavy atom. The maximum absolute atomic E-state index is 12.6. The summed E-state index contributed by atoms with van der Waals surface area (Å²) in [5, 5.41) is 32.9. The molecule has 9 nitrogen and oxygen atoms in total. The van der Waals surface area contributed by atoms with Crippen LogP contribution in [0.25, 0.3) is 22.8 Å². The molecule has 35 heavy (non-hydrogen) atoms. The van der Waals surface area contributed by atoms with E-state index in [4.69, 9.17) is 9.26 Å². The molecule has 2 aliphatic rings. The van der Waals surface area contributed by atoms with E-state index < -0.39 is 12.7 Å². The largest absolute Gasteiger partial charge is 0.490 e. The molecule has 2 heterocycles. The Bertz CT molecular complexity index is 1310. The number of aliphatic hydroxyl groups is 2. The number of fused-ring (bicyclic) bond motifs is 3. The maximum atomic E-state index is 12.6. The Balaban J connectivity index is 1.46. The first-order valence-corrected chi connectivity index (χ1v) is 11.6. The molecule has 180 valence electrons.